The van der Waals surface area contributed by atoms with Gasteiger partial charge in [-0.1, -0.05) is 11.6 Å². The summed E-state index contributed by atoms with van der Waals surface area (Å²) in [7, 11) is 0. The largest absolute Gasteiger partial charge is 0.459 e. The maximum Gasteiger partial charge on any atom is 0.396 e. The van der Waals surface area contributed by atoms with Gasteiger partial charge in [0, 0.05) is 10.4 Å². The zero-order valence-electron chi connectivity index (χ0n) is 10.2. The number of fused-ring (bicyclic) bond motifs is 1. The molecular weight excluding hydrogens is 270 g/mol. The summed E-state index contributed by atoms with van der Waals surface area (Å²) < 4.78 is 10.1. The molecule has 0 radical (unpaired) electrons. The number of benzene rings is 1. The Morgan fingerprint density at radius 2 is 2.16 bits per heavy atom. The Kier molecular flexibility index (Phi) is 4.06. The average Bonchev–Trinajstić information content (AvgIpc) is 2.78. The van der Waals surface area contributed by atoms with Crippen LogP contribution in [0.4, 0.5) is 0 Å². The second-order valence-electron chi connectivity index (χ2n) is 3.80. The number of hydrogen-bond donors (Lipinski definition) is 1. The zero-order valence-corrected chi connectivity index (χ0v) is 11.0. The molecule has 5 nitrogen and oxygen atoms in total. The van der Waals surface area contributed by atoms with Crippen LogP contribution in [-0.4, -0.2) is 18.5 Å². The number of halogens is 1. The SMILES string of the molecule is CCOC(=O)C(=O)NCc1cc2cc(Cl)ccc2o1. The molecule has 6 heteroatoms. The molecule has 1 aromatic heterocycles. The fraction of sp³-hybridized carbons (Fsp3) is 0.231. The van der Waals surface area contributed by atoms with Crippen molar-refractivity contribution in [2.75, 3.05) is 6.61 Å². The van der Waals surface area contributed by atoms with Crippen LogP contribution >= 0.6 is 11.6 Å². The van der Waals surface area contributed by atoms with Crippen molar-refractivity contribution in [2.45, 2.75) is 13.5 Å². The van der Waals surface area contributed by atoms with Gasteiger partial charge in [-0.15, -0.1) is 0 Å². The Labute approximate surface area is 114 Å². The fourth-order valence-corrected chi connectivity index (χ4v) is 1.77. The molecule has 2 rings (SSSR count). The minimum atomic E-state index is -0.901. The highest BCUT2D eigenvalue weighted by atomic mass is 35.5. The Hall–Kier alpha value is -2.01. The molecule has 0 saturated heterocycles. The standard InChI is InChI=1S/C13H12ClNO4/c1-2-18-13(17)12(16)15-7-10-6-8-5-9(14)3-4-11(8)19-10/h3-6H,2,7H2,1H3,(H,15,16). The van der Waals surface area contributed by atoms with Crippen LogP contribution in [0.5, 0.6) is 0 Å². The third kappa shape index (κ3) is 3.26. The molecule has 0 aliphatic carbocycles. The first-order valence-electron chi connectivity index (χ1n) is 5.73. The first-order chi connectivity index (χ1) is 9.10. The molecule has 19 heavy (non-hydrogen) atoms. The third-order valence-electron chi connectivity index (χ3n) is 2.41. The van der Waals surface area contributed by atoms with Crippen LogP contribution in [0.1, 0.15) is 12.7 Å². The topological polar surface area (TPSA) is 68.5 Å². The molecule has 0 bridgehead atoms. The highest BCUT2D eigenvalue weighted by Gasteiger charge is 2.14. The van der Waals surface area contributed by atoms with E-state index in [0.717, 1.165) is 5.39 Å². The number of carbonyl (C=O) groups is 2. The second kappa shape index (κ2) is 5.75. The van der Waals surface area contributed by atoms with E-state index < -0.39 is 11.9 Å². The van der Waals surface area contributed by atoms with Gasteiger partial charge in [0.15, 0.2) is 0 Å². The lowest BCUT2D eigenvalue weighted by molar-refractivity contribution is -0.154. The molecule has 0 aliphatic heterocycles. The number of esters is 1. The van der Waals surface area contributed by atoms with E-state index in [0.29, 0.717) is 16.4 Å². The molecule has 0 unspecified atom stereocenters. The van der Waals surface area contributed by atoms with Gasteiger partial charge in [0.2, 0.25) is 0 Å². The highest BCUT2D eigenvalue weighted by molar-refractivity contribution is 6.32. The van der Waals surface area contributed by atoms with E-state index in [1.165, 1.54) is 0 Å². The molecule has 0 saturated carbocycles. The molecule has 1 amide bonds. The number of nitrogens with one attached hydrogen (secondary N) is 1. The van der Waals surface area contributed by atoms with Crippen molar-refractivity contribution in [3.05, 3.63) is 35.0 Å². The van der Waals surface area contributed by atoms with Crippen LogP contribution in [-0.2, 0) is 20.9 Å². The van der Waals surface area contributed by atoms with Gasteiger partial charge in [0.1, 0.15) is 11.3 Å². The Balaban J connectivity index is 2.02. The first kappa shape index (κ1) is 13.4. The van der Waals surface area contributed by atoms with Crippen molar-refractivity contribution in [3.8, 4) is 0 Å². The molecular formula is C13H12ClNO4. The van der Waals surface area contributed by atoms with Crippen LogP contribution in [0.2, 0.25) is 5.02 Å². The number of hydrogen-bond acceptors (Lipinski definition) is 4. The summed E-state index contributed by atoms with van der Waals surface area (Å²) in [5, 5.41) is 3.87. The highest BCUT2D eigenvalue weighted by Crippen LogP contribution is 2.22. The summed E-state index contributed by atoms with van der Waals surface area (Å²) in [6.07, 6.45) is 0. The van der Waals surface area contributed by atoms with Gasteiger partial charge >= 0.3 is 11.9 Å². The summed E-state index contributed by atoms with van der Waals surface area (Å²) >= 11 is 5.86. The van der Waals surface area contributed by atoms with Crippen molar-refractivity contribution < 1.29 is 18.7 Å². The molecule has 0 spiro atoms. The number of ether oxygens (including phenoxy) is 1. The lowest BCUT2D eigenvalue weighted by Gasteiger charge is -2.01. The van der Waals surface area contributed by atoms with Crippen molar-refractivity contribution in [3.63, 3.8) is 0 Å². The quantitative estimate of drug-likeness (QED) is 0.692. The predicted molar refractivity (Wildman–Crippen MR) is 69.7 cm³/mol. The summed E-state index contributed by atoms with van der Waals surface area (Å²) in [6, 6.07) is 6.98. The summed E-state index contributed by atoms with van der Waals surface area (Å²) in [4.78, 5) is 22.4. The van der Waals surface area contributed by atoms with Crippen LogP contribution in [0.15, 0.2) is 28.7 Å². The number of amides is 1. The van der Waals surface area contributed by atoms with Gasteiger partial charge < -0.3 is 14.5 Å². The summed E-state index contributed by atoms with van der Waals surface area (Å²) in [5.41, 5.74) is 0.671. The molecule has 1 heterocycles. The second-order valence-corrected chi connectivity index (χ2v) is 4.23. The molecule has 2 aromatic rings. The van der Waals surface area contributed by atoms with Gasteiger partial charge in [0.25, 0.3) is 0 Å². The van der Waals surface area contributed by atoms with E-state index in [4.69, 9.17) is 16.0 Å². The first-order valence-corrected chi connectivity index (χ1v) is 6.11. The smallest absolute Gasteiger partial charge is 0.396 e. The molecule has 0 aliphatic rings. The molecule has 0 fully saturated rings. The molecule has 100 valence electrons. The number of carbonyl (C=O) groups excluding carboxylic acids is 2. The monoisotopic (exact) mass is 281 g/mol. The van der Waals surface area contributed by atoms with Crippen LogP contribution in [0.3, 0.4) is 0 Å². The van der Waals surface area contributed by atoms with E-state index in [-0.39, 0.29) is 13.2 Å². The van der Waals surface area contributed by atoms with Crippen LogP contribution in [0, 0.1) is 0 Å². The van der Waals surface area contributed by atoms with Crippen molar-refractivity contribution in [1.29, 1.82) is 0 Å². The number of rotatable bonds is 3. The van der Waals surface area contributed by atoms with Gasteiger partial charge in [-0.25, -0.2) is 4.79 Å². The summed E-state index contributed by atoms with van der Waals surface area (Å²) in [6.45, 7) is 1.91. The Bertz CT molecular complexity index is 620. The minimum Gasteiger partial charge on any atom is -0.459 e. The van der Waals surface area contributed by atoms with Crippen molar-refractivity contribution >= 4 is 34.4 Å². The third-order valence-corrected chi connectivity index (χ3v) is 2.65. The average molecular weight is 282 g/mol. The fourth-order valence-electron chi connectivity index (χ4n) is 1.59. The zero-order chi connectivity index (χ0) is 13.8. The normalized spacial score (nSPS) is 10.4. The van der Waals surface area contributed by atoms with Gasteiger partial charge in [0.05, 0.1) is 13.2 Å². The minimum absolute atomic E-state index is 0.115. The summed E-state index contributed by atoms with van der Waals surface area (Å²) in [5.74, 6) is -1.16. The van der Waals surface area contributed by atoms with Crippen LogP contribution in [0.25, 0.3) is 11.0 Å². The maximum absolute atomic E-state index is 11.3. The van der Waals surface area contributed by atoms with Gasteiger partial charge in [-0.2, -0.15) is 0 Å². The van der Waals surface area contributed by atoms with Crippen molar-refractivity contribution in [2.24, 2.45) is 0 Å². The van der Waals surface area contributed by atoms with E-state index in [2.05, 4.69) is 10.1 Å². The van der Waals surface area contributed by atoms with E-state index in [1.54, 1.807) is 31.2 Å². The van der Waals surface area contributed by atoms with Crippen molar-refractivity contribution in [1.82, 2.24) is 5.32 Å². The van der Waals surface area contributed by atoms with E-state index in [9.17, 15) is 9.59 Å². The Morgan fingerprint density at radius 1 is 1.37 bits per heavy atom. The molecule has 1 aromatic carbocycles. The lowest BCUT2D eigenvalue weighted by atomic mass is 10.2. The van der Waals surface area contributed by atoms with E-state index >= 15 is 0 Å². The Morgan fingerprint density at radius 3 is 2.89 bits per heavy atom. The predicted octanol–water partition coefficient (Wildman–Crippen LogP) is 2.27. The van der Waals surface area contributed by atoms with E-state index in [1.807, 2.05) is 0 Å². The molecule has 0 atom stereocenters. The lowest BCUT2D eigenvalue weighted by Crippen LogP contribution is -2.31. The molecule has 1 N–H and O–H groups in total. The van der Waals surface area contributed by atoms with Crippen LogP contribution < -0.4 is 5.32 Å². The number of furan rings is 1. The maximum atomic E-state index is 11.3. The van der Waals surface area contributed by atoms with Gasteiger partial charge in [-0.05, 0) is 31.2 Å². The van der Waals surface area contributed by atoms with Gasteiger partial charge in [-0.3, -0.25) is 4.79 Å².